The zero-order chi connectivity index (χ0) is 22.2. The fourth-order valence-corrected chi connectivity index (χ4v) is 4.98. The number of aromatic nitrogens is 2. The van der Waals surface area contributed by atoms with E-state index in [-0.39, 0.29) is 33.1 Å². The Balaban J connectivity index is 1.74. The lowest BCUT2D eigenvalue weighted by atomic mass is 10.1. The summed E-state index contributed by atoms with van der Waals surface area (Å²) in [6.07, 6.45) is 2.60. The average Bonchev–Trinajstić information content (AvgIpc) is 3.12. The molecule has 3 N–H and O–H groups in total. The van der Waals surface area contributed by atoms with Gasteiger partial charge in [0.2, 0.25) is 15.9 Å². The molecule has 0 aliphatic heterocycles. The van der Waals surface area contributed by atoms with Crippen molar-refractivity contribution >= 4 is 54.8 Å². The summed E-state index contributed by atoms with van der Waals surface area (Å²) in [6, 6.07) is 10.9. The summed E-state index contributed by atoms with van der Waals surface area (Å²) in [4.78, 5) is 20.4. The molecule has 1 amide bonds. The summed E-state index contributed by atoms with van der Waals surface area (Å²) in [6.45, 7) is 0. The van der Waals surface area contributed by atoms with Gasteiger partial charge in [0.15, 0.2) is 0 Å². The fourth-order valence-electron chi connectivity index (χ4n) is 2.96. The Kier molecular flexibility index (Phi) is 5.71. The number of nitrogens with zero attached hydrogens (tertiary/aromatic N) is 2. The molecule has 0 aliphatic rings. The number of primary sulfonamides is 1. The first kappa shape index (κ1) is 21.3. The fraction of sp³-hybridized carbons (Fsp3) is 0.0500. The molecule has 4 rings (SSSR count). The van der Waals surface area contributed by atoms with Gasteiger partial charge in [-0.15, -0.1) is 11.3 Å². The van der Waals surface area contributed by atoms with Crippen molar-refractivity contribution in [2.24, 2.45) is 5.14 Å². The number of hydrogen-bond donors (Lipinski definition) is 2. The zero-order valence-electron chi connectivity index (χ0n) is 15.7. The molecular weight excluding hydrogens is 463 g/mol. The Morgan fingerprint density at radius 2 is 2.00 bits per heavy atom. The number of nitrogens with two attached hydrogens (primary N) is 1. The smallest absolute Gasteiger partial charge is 0.240 e. The van der Waals surface area contributed by atoms with Crippen LogP contribution < -0.4 is 10.5 Å². The number of sulfonamides is 1. The lowest BCUT2D eigenvalue weighted by molar-refractivity contribution is -0.115. The number of rotatable bonds is 5. The summed E-state index contributed by atoms with van der Waals surface area (Å²) in [5, 5.41) is 8.71. The average molecular weight is 477 g/mol. The summed E-state index contributed by atoms with van der Waals surface area (Å²) in [5.74, 6) is -0.935. The zero-order valence-corrected chi connectivity index (χ0v) is 18.1. The molecule has 0 bridgehead atoms. The molecule has 11 heteroatoms. The van der Waals surface area contributed by atoms with Crippen molar-refractivity contribution in [3.63, 3.8) is 0 Å². The Labute approximate surface area is 185 Å². The molecule has 2 heterocycles. The maximum Gasteiger partial charge on any atom is 0.240 e. The van der Waals surface area contributed by atoms with Crippen molar-refractivity contribution in [3.8, 4) is 10.6 Å². The Morgan fingerprint density at radius 3 is 2.71 bits per heavy atom. The van der Waals surface area contributed by atoms with Crippen LogP contribution in [0.25, 0.3) is 20.8 Å². The van der Waals surface area contributed by atoms with Crippen molar-refractivity contribution in [1.29, 1.82) is 0 Å². The molecule has 2 aromatic carbocycles. The third kappa shape index (κ3) is 4.57. The number of amides is 1. The number of thiazole rings is 1. The van der Waals surface area contributed by atoms with Crippen LogP contribution in [0.3, 0.4) is 0 Å². The number of carbonyl (C=O) groups excluding carboxylic acids is 1. The molecule has 0 aliphatic carbocycles. The van der Waals surface area contributed by atoms with E-state index in [9.17, 15) is 17.6 Å². The number of hydrogen-bond acceptors (Lipinski definition) is 6. The van der Waals surface area contributed by atoms with E-state index in [1.54, 1.807) is 30.3 Å². The number of halogens is 2. The lowest BCUT2D eigenvalue weighted by Gasteiger charge is -2.08. The molecule has 31 heavy (non-hydrogen) atoms. The quantitative estimate of drug-likeness (QED) is 0.452. The van der Waals surface area contributed by atoms with Crippen LogP contribution >= 0.6 is 22.9 Å². The standard InChI is InChI=1S/C20H14ClFN4O3S2/c21-14-4-2-1-3-11(14)7-18(27)25-12-8-16-19(17(9-12)31(23,28)29)26-20(30-16)13-10-24-6-5-15(13)22/h1-6,8-10H,7H2,(H,25,27)(H2,23,28,29). The summed E-state index contributed by atoms with van der Waals surface area (Å²) < 4.78 is 38.9. The van der Waals surface area contributed by atoms with Crippen LogP contribution in [0.15, 0.2) is 59.8 Å². The first-order valence-corrected chi connectivity index (χ1v) is 11.6. The third-order valence-corrected chi connectivity index (χ3v) is 6.69. The van der Waals surface area contributed by atoms with Crippen LogP contribution in [0.1, 0.15) is 5.56 Å². The van der Waals surface area contributed by atoms with E-state index in [4.69, 9.17) is 16.7 Å². The number of pyridine rings is 1. The molecule has 0 spiro atoms. The van der Waals surface area contributed by atoms with Gasteiger partial charge in [-0.2, -0.15) is 0 Å². The van der Waals surface area contributed by atoms with Crippen molar-refractivity contribution in [2.45, 2.75) is 11.3 Å². The normalized spacial score (nSPS) is 11.6. The van der Waals surface area contributed by atoms with Gasteiger partial charge in [-0.05, 0) is 29.8 Å². The van der Waals surface area contributed by atoms with Gasteiger partial charge in [0, 0.05) is 23.1 Å². The van der Waals surface area contributed by atoms with E-state index < -0.39 is 21.7 Å². The van der Waals surface area contributed by atoms with Crippen molar-refractivity contribution in [2.75, 3.05) is 5.32 Å². The van der Waals surface area contributed by atoms with E-state index in [1.807, 2.05) is 0 Å². The predicted octanol–water partition coefficient (Wildman–Crippen LogP) is 3.98. The van der Waals surface area contributed by atoms with E-state index in [1.165, 1.54) is 24.5 Å². The van der Waals surface area contributed by atoms with Gasteiger partial charge in [0.05, 0.1) is 16.7 Å². The van der Waals surface area contributed by atoms with Crippen LogP contribution in [-0.2, 0) is 21.2 Å². The molecule has 4 aromatic rings. The highest BCUT2D eigenvalue weighted by Gasteiger charge is 2.21. The minimum Gasteiger partial charge on any atom is -0.326 e. The second-order valence-corrected chi connectivity index (χ2v) is 9.52. The van der Waals surface area contributed by atoms with Gasteiger partial charge in [-0.1, -0.05) is 29.8 Å². The minimum absolute atomic E-state index is 0.00272. The van der Waals surface area contributed by atoms with E-state index in [0.29, 0.717) is 15.3 Å². The van der Waals surface area contributed by atoms with Gasteiger partial charge in [-0.25, -0.2) is 22.9 Å². The van der Waals surface area contributed by atoms with Crippen molar-refractivity contribution < 1.29 is 17.6 Å². The van der Waals surface area contributed by atoms with E-state index in [2.05, 4.69) is 15.3 Å². The molecule has 0 radical (unpaired) electrons. The molecule has 0 saturated heterocycles. The van der Waals surface area contributed by atoms with Gasteiger partial charge >= 0.3 is 0 Å². The van der Waals surface area contributed by atoms with Crippen LogP contribution in [-0.4, -0.2) is 24.3 Å². The highest BCUT2D eigenvalue weighted by Crippen LogP contribution is 2.36. The number of carbonyl (C=O) groups is 1. The van der Waals surface area contributed by atoms with Crippen LogP contribution in [0.2, 0.25) is 5.02 Å². The Bertz CT molecular complexity index is 1420. The van der Waals surface area contributed by atoms with Crippen molar-refractivity contribution in [1.82, 2.24) is 9.97 Å². The first-order valence-electron chi connectivity index (χ1n) is 8.83. The van der Waals surface area contributed by atoms with Crippen LogP contribution in [0.4, 0.5) is 10.1 Å². The Morgan fingerprint density at radius 1 is 1.23 bits per heavy atom. The molecule has 0 fully saturated rings. The number of anilines is 1. The maximum atomic E-state index is 14.1. The molecule has 158 valence electrons. The first-order chi connectivity index (χ1) is 14.7. The van der Waals surface area contributed by atoms with Gasteiger partial charge in [0.1, 0.15) is 21.2 Å². The summed E-state index contributed by atoms with van der Waals surface area (Å²) >= 11 is 7.15. The monoisotopic (exact) mass is 476 g/mol. The Hall–Kier alpha value is -2.92. The molecule has 0 unspecified atom stereocenters. The van der Waals surface area contributed by atoms with Crippen molar-refractivity contribution in [3.05, 3.63) is 71.3 Å². The van der Waals surface area contributed by atoms with E-state index >= 15 is 0 Å². The highest BCUT2D eigenvalue weighted by atomic mass is 35.5. The summed E-state index contributed by atoms with van der Waals surface area (Å²) in [7, 11) is -4.17. The van der Waals surface area contributed by atoms with Gasteiger partial charge < -0.3 is 5.32 Å². The SMILES string of the molecule is NS(=O)(=O)c1cc(NC(=O)Cc2ccccc2Cl)cc2sc(-c3cnccc3F)nc12. The molecule has 0 atom stereocenters. The molecule has 0 saturated carbocycles. The number of nitrogens with one attached hydrogen (secondary N) is 1. The van der Waals surface area contributed by atoms with Crippen LogP contribution in [0.5, 0.6) is 0 Å². The molecule has 2 aromatic heterocycles. The van der Waals surface area contributed by atoms with Gasteiger partial charge in [0.25, 0.3) is 0 Å². The molecular formula is C20H14ClFN4O3S2. The maximum absolute atomic E-state index is 14.1. The highest BCUT2D eigenvalue weighted by molar-refractivity contribution is 7.89. The van der Waals surface area contributed by atoms with Gasteiger partial charge in [-0.3, -0.25) is 9.78 Å². The summed E-state index contributed by atoms with van der Waals surface area (Å²) in [5.41, 5.74) is 1.07. The van der Waals surface area contributed by atoms with E-state index in [0.717, 1.165) is 11.3 Å². The molecule has 7 nitrogen and oxygen atoms in total. The topological polar surface area (TPSA) is 115 Å². The van der Waals surface area contributed by atoms with Crippen LogP contribution in [0, 0.1) is 5.82 Å². The predicted molar refractivity (Wildman–Crippen MR) is 118 cm³/mol. The number of benzene rings is 2. The second kappa shape index (κ2) is 8.31. The number of fused-ring (bicyclic) bond motifs is 1. The third-order valence-electron chi connectivity index (χ3n) is 4.36. The largest absolute Gasteiger partial charge is 0.326 e. The lowest BCUT2D eigenvalue weighted by Crippen LogP contribution is -2.16. The minimum atomic E-state index is -4.17. The second-order valence-electron chi connectivity index (χ2n) is 6.56.